The molecule has 6 heteroatoms. The third kappa shape index (κ3) is 4.24. The lowest BCUT2D eigenvalue weighted by molar-refractivity contribution is -0.125. The Kier molecular flexibility index (Phi) is 4.42. The highest BCUT2D eigenvalue weighted by Crippen LogP contribution is 2.23. The number of hydrogen-bond acceptors (Lipinski definition) is 3. The van der Waals surface area contributed by atoms with Crippen molar-refractivity contribution in [1.29, 1.82) is 0 Å². The Morgan fingerprint density at radius 2 is 2.05 bits per heavy atom. The number of benzene rings is 1. The molecule has 5 nitrogen and oxygen atoms in total. The van der Waals surface area contributed by atoms with E-state index >= 15 is 0 Å². The van der Waals surface area contributed by atoms with Crippen LogP contribution in [0.5, 0.6) is 0 Å². The number of primary amides is 1. The maximum absolute atomic E-state index is 11.7. The topological polar surface area (TPSA) is 84.2 Å². The second-order valence-corrected chi connectivity index (χ2v) is 5.48. The van der Waals surface area contributed by atoms with Crippen LogP contribution in [0.15, 0.2) is 28.7 Å². The highest BCUT2D eigenvalue weighted by atomic mass is 79.9. The first-order valence-electron chi connectivity index (χ1n) is 6.16. The van der Waals surface area contributed by atoms with Crippen LogP contribution in [0.2, 0.25) is 0 Å². The van der Waals surface area contributed by atoms with E-state index in [0.717, 1.165) is 23.0 Å². The average molecular weight is 326 g/mol. The summed E-state index contributed by atoms with van der Waals surface area (Å²) in [6.07, 6.45) is 2.09. The van der Waals surface area contributed by atoms with Gasteiger partial charge in [0.1, 0.15) is 6.04 Å². The highest BCUT2D eigenvalue weighted by Gasteiger charge is 2.26. The third-order valence-corrected chi connectivity index (χ3v) is 3.57. The molecular weight excluding hydrogens is 310 g/mol. The van der Waals surface area contributed by atoms with Gasteiger partial charge < -0.3 is 16.4 Å². The van der Waals surface area contributed by atoms with Gasteiger partial charge in [0.05, 0.1) is 6.42 Å². The van der Waals surface area contributed by atoms with Gasteiger partial charge in [0.15, 0.2) is 0 Å². The van der Waals surface area contributed by atoms with Crippen LogP contribution in [0.25, 0.3) is 0 Å². The zero-order valence-corrected chi connectivity index (χ0v) is 11.9. The Bertz CT molecular complexity index is 489. The molecule has 1 aliphatic carbocycles. The molecule has 1 aromatic carbocycles. The van der Waals surface area contributed by atoms with E-state index in [1.54, 1.807) is 0 Å². The molecule has 102 valence electrons. The molecule has 0 aliphatic heterocycles. The summed E-state index contributed by atoms with van der Waals surface area (Å²) in [4.78, 5) is 23.1. The van der Waals surface area contributed by atoms with Crippen molar-refractivity contribution in [3.63, 3.8) is 0 Å². The minimum Gasteiger partial charge on any atom is -0.372 e. The molecule has 2 rings (SSSR count). The molecule has 19 heavy (non-hydrogen) atoms. The molecule has 0 spiro atoms. The normalized spacial score (nSPS) is 15.6. The van der Waals surface area contributed by atoms with Crippen molar-refractivity contribution in [2.75, 3.05) is 5.32 Å². The van der Waals surface area contributed by atoms with Crippen LogP contribution >= 0.6 is 15.9 Å². The van der Waals surface area contributed by atoms with E-state index in [2.05, 4.69) is 26.6 Å². The molecule has 1 aliphatic rings. The number of nitrogens with two attached hydrogens (primary N) is 1. The molecule has 4 N–H and O–H groups in total. The van der Waals surface area contributed by atoms with Gasteiger partial charge in [0, 0.05) is 16.2 Å². The van der Waals surface area contributed by atoms with Crippen LogP contribution in [-0.2, 0) is 9.59 Å². The number of anilines is 1. The van der Waals surface area contributed by atoms with Gasteiger partial charge in [-0.15, -0.1) is 0 Å². The van der Waals surface area contributed by atoms with Gasteiger partial charge in [-0.3, -0.25) is 9.59 Å². The zero-order chi connectivity index (χ0) is 13.8. The maximum Gasteiger partial charge on any atom is 0.240 e. The number of nitrogens with one attached hydrogen (secondary N) is 2. The second-order valence-electron chi connectivity index (χ2n) is 4.63. The molecule has 0 bridgehead atoms. The van der Waals surface area contributed by atoms with Gasteiger partial charge >= 0.3 is 0 Å². The second kappa shape index (κ2) is 6.06. The third-order valence-electron chi connectivity index (χ3n) is 2.88. The van der Waals surface area contributed by atoms with Crippen molar-refractivity contribution in [3.8, 4) is 0 Å². The first-order chi connectivity index (χ1) is 9.06. The number of carbonyl (C=O) groups excluding carboxylic acids is 2. The Morgan fingerprint density at radius 1 is 1.37 bits per heavy atom. The standard InChI is InChI=1S/C13H16BrN3O2/c14-9-3-1-2-4-10(9)17-11(13(15)19)7-12(18)16-8-5-6-8/h1-4,8,11,17H,5-7H2,(H2,15,19)(H,16,18). The number of halogens is 1. The van der Waals surface area contributed by atoms with Crippen LogP contribution in [0.1, 0.15) is 19.3 Å². The van der Waals surface area contributed by atoms with Crippen molar-refractivity contribution in [3.05, 3.63) is 28.7 Å². The Balaban J connectivity index is 1.97. The fourth-order valence-corrected chi connectivity index (χ4v) is 2.09. The molecule has 0 aromatic heterocycles. The molecule has 0 heterocycles. The molecule has 1 atom stereocenters. The van der Waals surface area contributed by atoms with Gasteiger partial charge in [0.2, 0.25) is 11.8 Å². The molecule has 0 radical (unpaired) electrons. The zero-order valence-electron chi connectivity index (χ0n) is 10.4. The maximum atomic E-state index is 11.7. The lowest BCUT2D eigenvalue weighted by Crippen LogP contribution is -2.40. The number of rotatable bonds is 6. The Morgan fingerprint density at radius 3 is 2.63 bits per heavy atom. The number of carbonyl (C=O) groups is 2. The molecule has 1 unspecified atom stereocenters. The van der Waals surface area contributed by atoms with Gasteiger partial charge in [-0.2, -0.15) is 0 Å². The van der Waals surface area contributed by atoms with E-state index in [1.165, 1.54) is 0 Å². The van der Waals surface area contributed by atoms with E-state index in [-0.39, 0.29) is 18.4 Å². The van der Waals surface area contributed by atoms with Crippen LogP contribution in [-0.4, -0.2) is 23.9 Å². The number of amides is 2. The lowest BCUT2D eigenvalue weighted by Gasteiger charge is -2.17. The monoisotopic (exact) mass is 325 g/mol. The minimum absolute atomic E-state index is 0.0488. The van der Waals surface area contributed by atoms with Crippen LogP contribution in [0, 0.1) is 0 Å². The summed E-state index contributed by atoms with van der Waals surface area (Å²) in [6, 6.07) is 6.95. The minimum atomic E-state index is -0.711. The van der Waals surface area contributed by atoms with E-state index in [9.17, 15) is 9.59 Å². The quantitative estimate of drug-likeness (QED) is 0.738. The predicted molar refractivity (Wildman–Crippen MR) is 76.5 cm³/mol. The van der Waals surface area contributed by atoms with Crippen molar-refractivity contribution in [2.45, 2.75) is 31.3 Å². The fourth-order valence-electron chi connectivity index (χ4n) is 1.69. The van der Waals surface area contributed by atoms with Crippen molar-refractivity contribution < 1.29 is 9.59 Å². The summed E-state index contributed by atoms with van der Waals surface area (Å²) >= 11 is 3.38. The van der Waals surface area contributed by atoms with Crippen LogP contribution < -0.4 is 16.4 Å². The number of para-hydroxylation sites is 1. The summed E-state index contributed by atoms with van der Waals surface area (Å²) in [5.74, 6) is -0.687. The van der Waals surface area contributed by atoms with E-state index in [1.807, 2.05) is 24.3 Å². The van der Waals surface area contributed by atoms with Crippen LogP contribution in [0.3, 0.4) is 0 Å². The van der Waals surface area contributed by atoms with Crippen molar-refractivity contribution in [1.82, 2.24) is 5.32 Å². The van der Waals surface area contributed by atoms with E-state index in [0.29, 0.717) is 0 Å². The van der Waals surface area contributed by atoms with Crippen molar-refractivity contribution >= 4 is 33.4 Å². The SMILES string of the molecule is NC(=O)C(CC(=O)NC1CC1)Nc1ccccc1Br. The average Bonchev–Trinajstić information content (AvgIpc) is 3.14. The summed E-state index contributed by atoms with van der Waals surface area (Å²) < 4.78 is 0.823. The smallest absolute Gasteiger partial charge is 0.240 e. The first-order valence-corrected chi connectivity index (χ1v) is 6.95. The highest BCUT2D eigenvalue weighted by molar-refractivity contribution is 9.10. The fraction of sp³-hybridized carbons (Fsp3) is 0.385. The van der Waals surface area contributed by atoms with Gasteiger partial charge in [-0.05, 0) is 40.9 Å². The van der Waals surface area contributed by atoms with Crippen molar-refractivity contribution in [2.24, 2.45) is 5.73 Å². The van der Waals surface area contributed by atoms with E-state index < -0.39 is 11.9 Å². The molecule has 2 amide bonds. The largest absolute Gasteiger partial charge is 0.372 e. The predicted octanol–water partition coefficient (Wildman–Crippen LogP) is 1.38. The van der Waals surface area contributed by atoms with Gasteiger partial charge in [0.25, 0.3) is 0 Å². The van der Waals surface area contributed by atoms with Gasteiger partial charge in [-0.1, -0.05) is 12.1 Å². The molecular formula is C13H16BrN3O2. The van der Waals surface area contributed by atoms with E-state index in [4.69, 9.17) is 5.73 Å². The van der Waals surface area contributed by atoms with Gasteiger partial charge in [-0.25, -0.2) is 0 Å². The first kappa shape index (κ1) is 13.9. The molecule has 0 saturated heterocycles. The Hall–Kier alpha value is -1.56. The molecule has 1 fully saturated rings. The Labute approximate surface area is 120 Å². The lowest BCUT2D eigenvalue weighted by atomic mass is 10.1. The number of hydrogen-bond donors (Lipinski definition) is 3. The van der Waals surface area contributed by atoms with Crippen LogP contribution in [0.4, 0.5) is 5.69 Å². The summed E-state index contributed by atoms with van der Waals surface area (Å²) in [5, 5.41) is 5.83. The molecule has 1 aromatic rings. The molecule has 1 saturated carbocycles. The summed E-state index contributed by atoms with van der Waals surface area (Å²) in [7, 11) is 0. The summed E-state index contributed by atoms with van der Waals surface area (Å²) in [5.41, 5.74) is 6.07. The summed E-state index contributed by atoms with van der Waals surface area (Å²) in [6.45, 7) is 0.